The van der Waals surface area contributed by atoms with E-state index < -0.39 is 11.9 Å². The first-order chi connectivity index (χ1) is 8.20. The number of aromatic hydroxyl groups is 1. The molecule has 1 aromatic rings. The molecule has 3 nitrogen and oxygen atoms in total. The SMILES string of the molecule is O=C(O)C(c1ccccc1O)C1CCSCC1. The third kappa shape index (κ3) is 2.75. The quantitative estimate of drug-likeness (QED) is 0.868. The molecule has 0 spiro atoms. The maximum Gasteiger partial charge on any atom is 0.311 e. The molecule has 92 valence electrons. The Morgan fingerprint density at radius 1 is 1.29 bits per heavy atom. The molecule has 2 rings (SSSR count). The molecular formula is C13H16O3S. The predicted molar refractivity (Wildman–Crippen MR) is 68.5 cm³/mol. The topological polar surface area (TPSA) is 57.5 Å². The van der Waals surface area contributed by atoms with E-state index in [1.807, 2.05) is 11.8 Å². The summed E-state index contributed by atoms with van der Waals surface area (Å²) in [6.07, 6.45) is 1.83. The maximum atomic E-state index is 11.4. The molecule has 1 aliphatic heterocycles. The molecule has 0 saturated carbocycles. The van der Waals surface area contributed by atoms with Crippen molar-refractivity contribution < 1.29 is 15.0 Å². The van der Waals surface area contributed by atoms with E-state index in [-0.39, 0.29) is 11.7 Å². The smallest absolute Gasteiger partial charge is 0.311 e. The number of carboxylic acids is 1. The molecule has 2 N–H and O–H groups in total. The molecule has 0 aromatic heterocycles. The molecule has 17 heavy (non-hydrogen) atoms. The van der Waals surface area contributed by atoms with Crippen molar-refractivity contribution in [2.45, 2.75) is 18.8 Å². The molecule has 0 aliphatic carbocycles. The summed E-state index contributed by atoms with van der Waals surface area (Å²) in [5.74, 6) is 0.866. The molecule has 1 fully saturated rings. The summed E-state index contributed by atoms with van der Waals surface area (Å²) in [6, 6.07) is 6.77. The van der Waals surface area contributed by atoms with Gasteiger partial charge < -0.3 is 10.2 Å². The van der Waals surface area contributed by atoms with E-state index in [0.29, 0.717) is 5.56 Å². The Labute approximate surface area is 105 Å². The van der Waals surface area contributed by atoms with Crippen LogP contribution in [-0.2, 0) is 4.79 Å². The van der Waals surface area contributed by atoms with E-state index in [9.17, 15) is 15.0 Å². The number of hydrogen-bond donors (Lipinski definition) is 2. The molecular weight excluding hydrogens is 236 g/mol. The molecule has 1 heterocycles. The summed E-state index contributed by atoms with van der Waals surface area (Å²) in [5, 5.41) is 19.2. The van der Waals surface area contributed by atoms with Crippen LogP contribution >= 0.6 is 11.8 Å². The second kappa shape index (κ2) is 5.45. The average Bonchev–Trinajstić information content (AvgIpc) is 2.33. The monoisotopic (exact) mass is 252 g/mol. The molecule has 0 bridgehead atoms. The number of phenolic OH excluding ortho intramolecular Hbond substituents is 1. The zero-order chi connectivity index (χ0) is 12.3. The lowest BCUT2D eigenvalue weighted by Gasteiger charge is -2.27. The van der Waals surface area contributed by atoms with Gasteiger partial charge in [0, 0.05) is 5.56 Å². The van der Waals surface area contributed by atoms with E-state index in [1.54, 1.807) is 24.3 Å². The van der Waals surface area contributed by atoms with Crippen molar-refractivity contribution >= 4 is 17.7 Å². The minimum absolute atomic E-state index is 0.0955. The minimum atomic E-state index is -0.830. The van der Waals surface area contributed by atoms with Crippen LogP contribution in [0, 0.1) is 5.92 Å². The average molecular weight is 252 g/mol. The molecule has 0 amide bonds. The number of para-hydroxylation sites is 1. The molecule has 1 aliphatic rings. The van der Waals surface area contributed by atoms with Crippen molar-refractivity contribution in [3.63, 3.8) is 0 Å². The van der Waals surface area contributed by atoms with E-state index in [1.165, 1.54) is 0 Å². The number of benzene rings is 1. The van der Waals surface area contributed by atoms with Gasteiger partial charge in [0.05, 0.1) is 5.92 Å². The van der Waals surface area contributed by atoms with Crippen LogP contribution in [0.1, 0.15) is 24.3 Å². The lowest BCUT2D eigenvalue weighted by molar-refractivity contribution is -0.140. The van der Waals surface area contributed by atoms with Gasteiger partial charge in [-0.25, -0.2) is 0 Å². The Hall–Kier alpha value is -1.16. The summed E-state index contributed by atoms with van der Waals surface area (Å²) >= 11 is 1.87. The number of phenols is 1. The van der Waals surface area contributed by atoms with Crippen LogP contribution in [0.4, 0.5) is 0 Å². The van der Waals surface area contributed by atoms with Crippen molar-refractivity contribution in [1.82, 2.24) is 0 Å². The highest BCUT2D eigenvalue weighted by Gasteiger charge is 2.32. The van der Waals surface area contributed by atoms with Gasteiger partial charge in [-0.2, -0.15) is 11.8 Å². The Morgan fingerprint density at radius 3 is 2.53 bits per heavy atom. The van der Waals surface area contributed by atoms with Crippen LogP contribution in [0.25, 0.3) is 0 Å². The van der Waals surface area contributed by atoms with E-state index in [0.717, 1.165) is 24.3 Å². The maximum absolute atomic E-state index is 11.4. The van der Waals surface area contributed by atoms with Crippen molar-refractivity contribution in [3.05, 3.63) is 29.8 Å². The first-order valence-electron chi connectivity index (χ1n) is 5.78. The molecule has 1 atom stereocenters. The number of hydrogen-bond acceptors (Lipinski definition) is 3. The van der Waals surface area contributed by atoms with Gasteiger partial charge in [0.2, 0.25) is 0 Å². The van der Waals surface area contributed by atoms with Crippen LogP contribution in [0.5, 0.6) is 5.75 Å². The zero-order valence-electron chi connectivity index (χ0n) is 9.50. The lowest BCUT2D eigenvalue weighted by Crippen LogP contribution is -2.25. The second-order valence-electron chi connectivity index (χ2n) is 4.32. The second-order valence-corrected chi connectivity index (χ2v) is 5.55. The largest absolute Gasteiger partial charge is 0.508 e. The first-order valence-corrected chi connectivity index (χ1v) is 6.94. The van der Waals surface area contributed by atoms with E-state index in [4.69, 9.17) is 0 Å². The fourth-order valence-electron chi connectivity index (χ4n) is 2.39. The van der Waals surface area contributed by atoms with E-state index >= 15 is 0 Å². The fourth-order valence-corrected chi connectivity index (χ4v) is 3.53. The Balaban J connectivity index is 2.28. The van der Waals surface area contributed by atoms with Gasteiger partial charge in [-0.1, -0.05) is 18.2 Å². The summed E-state index contributed by atoms with van der Waals surface area (Å²) in [5.41, 5.74) is 0.553. The highest BCUT2D eigenvalue weighted by molar-refractivity contribution is 7.99. The van der Waals surface area contributed by atoms with Gasteiger partial charge in [-0.3, -0.25) is 4.79 Å². The Kier molecular flexibility index (Phi) is 3.94. The van der Waals surface area contributed by atoms with Crippen LogP contribution in [0.15, 0.2) is 24.3 Å². The zero-order valence-corrected chi connectivity index (χ0v) is 10.3. The number of aliphatic carboxylic acids is 1. The lowest BCUT2D eigenvalue weighted by atomic mass is 9.82. The van der Waals surface area contributed by atoms with Crippen molar-refractivity contribution in [2.75, 3.05) is 11.5 Å². The summed E-state index contributed by atoms with van der Waals surface area (Å²) in [4.78, 5) is 11.4. The van der Waals surface area contributed by atoms with Gasteiger partial charge >= 0.3 is 5.97 Å². The summed E-state index contributed by atoms with van der Waals surface area (Å²) in [6.45, 7) is 0. The standard InChI is InChI=1S/C13H16O3S/c14-11-4-2-1-3-10(11)12(13(15)16)9-5-7-17-8-6-9/h1-4,9,12,14H,5-8H2,(H,15,16). The van der Waals surface area contributed by atoms with Crippen LogP contribution in [0.3, 0.4) is 0 Å². The molecule has 1 unspecified atom stereocenters. The van der Waals surface area contributed by atoms with Gasteiger partial charge in [0.1, 0.15) is 5.75 Å². The van der Waals surface area contributed by atoms with E-state index in [2.05, 4.69) is 0 Å². The van der Waals surface area contributed by atoms with Gasteiger partial charge in [0.15, 0.2) is 0 Å². The molecule has 4 heteroatoms. The number of thioether (sulfide) groups is 1. The first kappa shape index (κ1) is 12.3. The normalized spacial score (nSPS) is 18.8. The van der Waals surface area contributed by atoms with Gasteiger partial charge in [-0.15, -0.1) is 0 Å². The number of rotatable bonds is 3. The highest BCUT2D eigenvalue weighted by Crippen LogP contribution is 2.38. The Morgan fingerprint density at radius 2 is 1.94 bits per heavy atom. The van der Waals surface area contributed by atoms with Crippen molar-refractivity contribution in [2.24, 2.45) is 5.92 Å². The van der Waals surface area contributed by atoms with Crippen molar-refractivity contribution in [1.29, 1.82) is 0 Å². The highest BCUT2D eigenvalue weighted by atomic mass is 32.2. The number of carbonyl (C=O) groups is 1. The van der Waals surface area contributed by atoms with Gasteiger partial charge in [0.25, 0.3) is 0 Å². The number of carboxylic acid groups (broad SMARTS) is 1. The third-order valence-electron chi connectivity index (χ3n) is 3.28. The minimum Gasteiger partial charge on any atom is -0.508 e. The predicted octanol–water partition coefficient (Wildman–Crippen LogP) is 2.70. The van der Waals surface area contributed by atoms with Gasteiger partial charge in [-0.05, 0) is 36.3 Å². The fraction of sp³-hybridized carbons (Fsp3) is 0.462. The summed E-state index contributed by atoms with van der Waals surface area (Å²) in [7, 11) is 0. The molecule has 1 saturated heterocycles. The summed E-state index contributed by atoms with van der Waals surface area (Å²) < 4.78 is 0. The molecule has 0 radical (unpaired) electrons. The third-order valence-corrected chi connectivity index (χ3v) is 4.32. The Bertz CT molecular complexity index is 399. The van der Waals surface area contributed by atoms with Crippen LogP contribution in [0.2, 0.25) is 0 Å². The molecule has 1 aromatic carbocycles. The van der Waals surface area contributed by atoms with Crippen molar-refractivity contribution in [3.8, 4) is 5.75 Å². The van der Waals surface area contributed by atoms with Crippen LogP contribution in [-0.4, -0.2) is 27.7 Å². The van der Waals surface area contributed by atoms with Crippen LogP contribution < -0.4 is 0 Å².